The lowest BCUT2D eigenvalue weighted by atomic mass is 10.0. The fraction of sp³-hybridized carbons (Fsp3) is 0.200. The first-order valence-corrected chi connectivity index (χ1v) is 11.1. The van der Waals surface area contributed by atoms with Gasteiger partial charge in [-0.25, -0.2) is 13.6 Å². The molecule has 0 spiro atoms. The summed E-state index contributed by atoms with van der Waals surface area (Å²) < 4.78 is 66.6. The third-order valence-electron chi connectivity index (χ3n) is 4.87. The van der Waals surface area contributed by atoms with E-state index in [4.69, 9.17) is 14.6 Å². The van der Waals surface area contributed by atoms with E-state index in [1.54, 1.807) is 19.1 Å². The van der Waals surface area contributed by atoms with E-state index in [1.165, 1.54) is 43.6 Å². The van der Waals surface area contributed by atoms with Crippen LogP contribution in [0.3, 0.4) is 0 Å². The number of primary sulfonamides is 1. The van der Waals surface area contributed by atoms with Crippen molar-refractivity contribution < 1.29 is 31.4 Å². The van der Waals surface area contributed by atoms with E-state index in [2.05, 4.69) is 24.7 Å². The van der Waals surface area contributed by atoms with Crippen LogP contribution in [0.15, 0.2) is 41.8 Å². The van der Waals surface area contributed by atoms with Gasteiger partial charge in [0.2, 0.25) is 21.7 Å². The summed E-state index contributed by atoms with van der Waals surface area (Å²) in [4.78, 5) is 16.5. The predicted octanol–water partition coefficient (Wildman–Crippen LogP) is 2.45. The minimum atomic E-state index is -4.18. The second kappa shape index (κ2) is 8.79. The number of sulfonamides is 1. The zero-order chi connectivity index (χ0) is 24.6. The summed E-state index contributed by atoms with van der Waals surface area (Å²) >= 11 is 0. The Labute approximate surface area is 192 Å². The highest BCUT2D eigenvalue weighted by Gasteiger charge is 2.27. The van der Waals surface area contributed by atoms with Gasteiger partial charge in [-0.15, -0.1) is 0 Å². The van der Waals surface area contributed by atoms with Crippen molar-refractivity contribution in [3.8, 4) is 34.7 Å². The average Bonchev–Trinajstić information content (AvgIpc) is 3.19. The maximum absolute atomic E-state index is 12.9. The van der Waals surface area contributed by atoms with E-state index in [0.717, 1.165) is 5.56 Å². The number of benzene rings is 1. The van der Waals surface area contributed by atoms with Crippen molar-refractivity contribution in [2.75, 3.05) is 14.2 Å². The normalized spacial score (nSPS) is 11.7. The van der Waals surface area contributed by atoms with E-state index in [-0.39, 0.29) is 28.0 Å². The van der Waals surface area contributed by atoms with Crippen LogP contribution in [0, 0.1) is 6.92 Å². The van der Waals surface area contributed by atoms with Crippen molar-refractivity contribution in [1.82, 2.24) is 24.5 Å². The number of aromatic nitrogens is 5. The molecular weight excluding hydrogens is 474 g/mol. The smallest absolute Gasteiger partial charge is 0.387 e. The Kier molecular flexibility index (Phi) is 6.01. The Hall–Kier alpha value is -3.91. The van der Waals surface area contributed by atoms with Gasteiger partial charge in [0.1, 0.15) is 4.90 Å². The number of nitrogens with two attached hydrogens (primary N) is 1. The van der Waals surface area contributed by atoms with Crippen LogP contribution in [0.4, 0.5) is 8.78 Å². The number of methoxy groups -OCH3 is 2. The van der Waals surface area contributed by atoms with Crippen LogP contribution in [0.25, 0.3) is 28.1 Å². The van der Waals surface area contributed by atoms with Gasteiger partial charge in [0.05, 0.1) is 31.6 Å². The molecule has 178 valence electrons. The number of nitrogens with zero attached hydrogens (tertiary/aromatic N) is 5. The molecular formula is C20H18F2N6O5S. The van der Waals surface area contributed by atoms with Gasteiger partial charge in [0, 0.05) is 29.5 Å². The van der Waals surface area contributed by atoms with Crippen LogP contribution < -0.4 is 19.3 Å². The monoisotopic (exact) mass is 492 g/mol. The van der Waals surface area contributed by atoms with E-state index in [9.17, 15) is 17.2 Å². The summed E-state index contributed by atoms with van der Waals surface area (Å²) in [6.45, 7) is -1.39. The van der Waals surface area contributed by atoms with Crippen LogP contribution in [0.1, 0.15) is 5.56 Å². The Morgan fingerprint density at radius 2 is 1.76 bits per heavy atom. The molecule has 1 aromatic carbocycles. The number of hydrogen-bond donors (Lipinski definition) is 1. The lowest BCUT2D eigenvalue weighted by Gasteiger charge is -2.15. The van der Waals surface area contributed by atoms with Crippen molar-refractivity contribution in [1.29, 1.82) is 0 Å². The number of hydrogen-bond acceptors (Lipinski definition) is 9. The number of halogens is 2. The number of ether oxygens (including phenoxy) is 3. The molecule has 4 aromatic rings. The molecule has 34 heavy (non-hydrogen) atoms. The molecule has 14 heteroatoms. The van der Waals surface area contributed by atoms with Crippen molar-refractivity contribution in [2.45, 2.75) is 18.4 Å². The highest BCUT2D eigenvalue weighted by molar-refractivity contribution is 7.89. The van der Waals surface area contributed by atoms with Crippen molar-refractivity contribution in [3.05, 3.63) is 42.5 Å². The Morgan fingerprint density at radius 1 is 1.09 bits per heavy atom. The highest BCUT2D eigenvalue weighted by Crippen LogP contribution is 2.39. The number of alkyl halides is 2. The average molecular weight is 492 g/mol. The molecule has 0 aliphatic carbocycles. The van der Waals surface area contributed by atoms with Gasteiger partial charge in [-0.3, -0.25) is 14.5 Å². The zero-order valence-electron chi connectivity index (χ0n) is 18.1. The standard InChI is InChI=1S/C20H18F2N6O5S/c1-10-4-5-11-13(34(23,29)30)9-28(15(11)14(10)12-8-24-6-7-25-12)20-26-17(31-2)16(33-19(21)22)18(27-20)32-3/h4-9,19H,1-3H3,(H2,23,29,30). The summed E-state index contributed by atoms with van der Waals surface area (Å²) in [6, 6.07) is 3.30. The van der Waals surface area contributed by atoms with E-state index in [0.29, 0.717) is 16.8 Å². The molecule has 0 aliphatic rings. The van der Waals surface area contributed by atoms with Crippen LogP contribution in [0.5, 0.6) is 17.5 Å². The summed E-state index contributed by atoms with van der Waals surface area (Å²) in [5.74, 6) is -1.37. The van der Waals surface area contributed by atoms with Gasteiger partial charge in [-0.1, -0.05) is 12.1 Å². The molecule has 0 unspecified atom stereocenters. The molecule has 4 rings (SSSR count). The minimum absolute atomic E-state index is 0.147. The quantitative estimate of drug-likeness (QED) is 0.411. The predicted molar refractivity (Wildman–Crippen MR) is 116 cm³/mol. The number of aryl methyl sites for hydroxylation is 1. The Bertz CT molecular complexity index is 1450. The maximum Gasteiger partial charge on any atom is 0.387 e. The molecule has 3 heterocycles. The van der Waals surface area contributed by atoms with Gasteiger partial charge in [-0.05, 0) is 12.5 Å². The SMILES string of the molecule is COc1nc(-n2cc(S(N)(=O)=O)c3ccc(C)c(-c4cnccn4)c32)nc(OC)c1OC(F)F. The van der Waals surface area contributed by atoms with Crippen LogP contribution in [-0.2, 0) is 10.0 Å². The summed E-state index contributed by atoms with van der Waals surface area (Å²) in [5.41, 5.74) is 2.07. The fourth-order valence-electron chi connectivity index (χ4n) is 3.50. The maximum atomic E-state index is 12.9. The van der Waals surface area contributed by atoms with Gasteiger partial charge in [-0.2, -0.15) is 18.7 Å². The van der Waals surface area contributed by atoms with Crippen molar-refractivity contribution in [2.24, 2.45) is 5.14 Å². The lowest BCUT2D eigenvalue weighted by molar-refractivity contribution is -0.0534. The molecule has 0 saturated heterocycles. The second-order valence-corrected chi connectivity index (χ2v) is 8.43. The van der Waals surface area contributed by atoms with Crippen molar-refractivity contribution in [3.63, 3.8) is 0 Å². The zero-order valence-corrected chi connectivity index (χ0v) is 18.9. The first-order valence-electron chi connectivity index (χ1n) is 9.54. The third-order valence-corrected chi connectivity index (χ3v) is 5.80. The molecule has 0 saturated carbocycles. The van der Waals surface area contributed by atoms with E-state index >= 15 is 0 Å². The van der Waals surface area contributed by atoms with Gasteiger partial charge in [0.25, 0.3) is 11.8 Å². The first kappa shape index (κ1) is 23.3. The van der Waals surface area contributed by atoms with E-state index in [1.807, 2.05) is 0 Å². The summed E-state index contributed by atoms with van der Waals surface area (Å²) in [5, 5.41) is 5.74. The lowest BCUT2D eigenvalue weighted by Crippen LogP contribution is -2.12. The van der Waals surface area contributed by atoms with Gasteiger partial charge in [0.15, 0.2) is 0 Å². The molecule has 0 atom stereocenters. The highest BCUT2D eigenvalue weighted by atomic mass is 32.2. The second-order valence-electron chi connectivity index (χ2n) is 6.90. The minimum Gasteiger partial charge on any atom is -0.478 e. The number of fused-ring (bicyclic) bond motifs is 1. The molecule has 0 radical (unpaired) electrons. The third kappa shape index (κ3) is 4.08. The van der Waals surface area contributed by atoms with Crippen LogP contribution >= 0.6 is 0 Å². The van der Waals surface area contributed by atoms with Crippen LogP contribution in [-0.4, -0.2) is 53.8 Å². The molecule has 3 aromatic heterocycles. The summed E-state index contributed by atoms with van der Waals surface area (Å²) in [7, 11) is -1.79. The van der Waals surface area contributed by atoms with E-state index < -0.39 is 22.4 Å². The fourth-order valence-corrected chi connectivity index (χ4v) is 4.23. The van der Waals surface area contributed by atoms with Crippen molar-refractivity contribution >= 4 is 20.9 Å². The molecule has 0 bridgehead atoms. The largest absolute Gasteiger partial charge is 0.478 e. The number of rotatable bonds is 7. The molecule has 0 fully saturated rings. The topological polar surface area (TPSA) is 144 Å². The molecule has 2 N–H and O–H groups in total. The molecule has 0 amide bonds. The van der Waals surface area contributed by atoms with Gasteiger partial charge < -0.3 is 14.2 Å². The Balaban J connectivity index is 2.12. The summed E-state index contributed by atoms with van der Waals surface area (Å²) in [6.07, 6.45) is 5.72. The van der Waals surface area contributed by atoms with Crippen LogP contribution in [0.2, 0.25) is 0 Å². The molecule has 11 nitrogen and oxygen atoms in total. The first-order chi connectivity index (χ1) is 16.2. The Morgan fingerprint density at radius 3 is 2.29 bits per heavy atom. The molecule has 0 aliphatic heterocycles. The van der Waals surface area contributed by atoms with Gasteiger partial charge >= 0.3 is 6.61 Å².